The summed E-state index contributed by atoms with van der Waals surface area (Å²) in [4.78, 5) is 11.2. The van der Waals surface area contributed by atoms with E-state index >= 15 is 0 Å². The van der Waals surface area contributed by atoms with Crippen molar-refractivity contribution in [2.24, 2.45) is 0 Å². The van der Waals surface area contributed by atoms with E-state index < -0.39 is 24.5 Å². The third kappa shape index (κ3) is 4.44. The van der Waals surface area contributed by atoms with Gasteiger partial charge in [-0.3, -0.25) is 4.79 Å². The van der Waals surface area contributed by atoms with Gasteiger partial charge in [0.25, 0.3) is 0 Å². The van der Waals surface area contributed by atoms with Crippen LogP contribution >= 0.6 is 15.9 Å². The van der Waals surface area contributed by atoms with Crippen LogP contribution in [0.3, 0.4) is 0 Å². The second kappa shape index (κ2) is 5.93. The van der Waals surface area contributed by atoms with Gasteiger partial charge in [-0.2, -0.15) is 5.26 Å². The van der Waals surface area contributed by atoms with Crippen molar-refractivity contribution in [1.82, 2.24) is 0 Å². The van der Waals surface area contributed by atoms with Gasteiger partial charge in [0, 0.05) is 10.0 Å². The Hall–Kier alpha value is -1.75. The molecular weight excluding hydrogens is 331 g/mol. The van der Waals surface area contributed by atoms with Gasteiger partial charge in [-0.25, -0.2) is 0 Å². The van der Waals surface area contributed by atoms with Crippen LogP contribution in [-0.4, -0.2) is 19.4 Å². The van der Waals surface area contributed by atoms with Gasteiger partial charge in [0.2, 0.25) is 0 Å². The fourth-order valence-electron chi connectivity index (χ4n) is 1.33. The van der Waals surface area contributed by atoms with Crippen molar-refractivity contribution < 1.29 is 27.4 Å². The average Bonchev–Trinajstić information content (AvgIpc) is 2.30. The predicted molar refractivity (Wildman–Crippen MR) is 61.3 cm³/mol. The minimum absolute atomic E-state index is 0.0879. The molecule has 0 radical (unpaired) electrons. The topological polar surface area (TPSA) is 59.3 Å². The largest absolute Gasteiger partial charge is 0.573 e. The Morgan fingerprint density at radius 1 is 1.47 bits per heavy atom. The maximum absolute atomic E-state index is 12.3. The molecule has 4 nitrogen and oxygen atoms in total. The van der Waals surface area contributed by atoms with Crippen LogP contribution in [0.2, 0.25) is 0 Å². The van der Waals surface area contributed by atoms with E-state index in [-0.39, 0.29) is 11.1 Å². The lowest BCUT2D eigenvalue weighted by Crippen LogP contribution is -2.20. The summed E-state index contributed by atoms with van der Waals surface area (Å²) in [6, 6.07) is 4.01. The zero-order chi connectivity index (χ0) is 14.6. The summed E-state index contributed by atoms with van der Waals surface area (Å²) in [5.41, 5.74) is -0.416. The smallest absolute Gasteiger partial charge is 0.469 e. The molecule has 0 unspecified atom stereocenters. The van der Waals surface area contributed by atoms with Gasteiger partial charge in [-0.05, 0) is 12.1 Å². The van der Waals surface area contributed by atoms with Crippen molar-refractivity contribution >= 4 is 21.9 Å². The summed E-state index contributed by atoms with van der Waals surface area (Å²) in [6.07, 6.45) is -5.39. The summed E-state index contributed by atoms with van der Waals surface area (Å²) >= 11 is 3.04. The van der Waals surface area contributed by atoms with Gasteiger partial charge in [0.15, 0.2) is 5.75 Å². The van der Waals surface area contributed by atoms with Crippen LogP contribution in [0.15, 0.2) is 16.6 Å². The van der Waals surface area contributed by atoms with Gasteiger partial charge < -0.3 is 9.47 Å². The van der Waals surface area contributed by atoms with E-state index in [0.717, 1.165) is 7.11 Å². The molecule has 1 aromatic carbocycles. The van der Waals surface area contributed by atoms with E-state index in [2.05, 4.69) is 25.4 Å². The number of halogens is 4. The van der Waals surface area contributed by atoms with E-state index in [1.165, 1.54) is 12.1 Å². The molecule has 0 aliphatic carbocycles. The molecule has 0 spiro atoms. The Labute approximate surface area is 114 Å². The highest BCUT2D eigenvalue weighted by Crippen LogP contribution is 2.33. The van der Waals surface area contributed by atoms with Crippen molar-refractivity contribution in [1.29, 1.82) is 5.26 Å². The maximum Gasteiger partial charge on any atom is 0.573 e. The molecule has 0 bridgehead atoms. The fourth-order valence-corrected chi connectivity index (χ4v) is 1.83. The number of benzene rings is 1. The molecule has 0 saturated heterocycles. The lowest BCUT2D eigenvalue weighted by Gasteiger charge is -2.14. The molecule has 0 heterocycles. The first-order valence-electron chi connectivity index (χ1n) is 4.82. The molecule has 8 heteroatoms. The van der Waals surface area contributed by atoms with Crippen LogP contribution in [-0.2, 0) is 16.0 Å². The normalized spacial score (nSPS) is 10.7. The van der Waals surface area contributed by atoms with E-state index in [1.807, 2.05) is 0 Å². The molecule has 19 heavy (non-hydrogen) atoms. The van der Waals surface area contributed by atoms with Crippen molar-refractivity contribution in [3.8, 4) is 11.8 Å². The number of nitriles is 1. The molecule has 0 atom stereocenters. The predicted octanol–water partition coefficient (Wildman–Crippen LogP) is 2.93. The number of alkyl halides is 3. The number of methoxy groups -OCH3 is 1. The third-order valence-corrected chi connectivity index (χ3v) is 2.49. The minimum atomic E-state index is -4.95. The van der Waals surface area contributed by atoms with Crippen LogP contribution in [0.1, 0.15) is 11.1 Å². The average molecular weight is 338 g/mol. The molecular formula is C11H7BrF3NO3. The Morgan fingerprint density at radius 2 is 2.11 bits per heavy atom. The Balaban J connectivity index is 3.30. The van der Waals surface area contributed by atoms with Crippen LogP contribution in [0.25, 0.3) is 0 Å². The summed E-state index contributed by atoms with van der Waals surface area (Å²) in [6.45, 7) is 0. The number of rotatable bonds is 3. The fraction of sp³-hybridized carbons (Fsp3) is 0.273. The van der Waals surface area contributed by atoms with Gasteiger partial charge in [-0.1, -0.05) is 15.9 Å². The molecule has 0 aliphatic rings. The number of ether oxygens (including phenoxy) is 2. The van der Waals surface area contributed by atoms with Gasteiger partial charge in [0.05, 0.1) is 19.1 Å². The first-order valence-corrected chi connectivity index (χ1v) is 5.61. The standard InChI is InChI=1S/C11H7BrF3NO3/c1-18-9(17)4-6-2-8(12)3-7(5-16)10(6)19-11(13,14)15/h2-3H,4H2,1H3. The quantitative estimate of drug-likeness (QED) is 0.795. The Kier molecular flexibility index (Phi) is 4.78. The van der Waals surface area contributed by atoms with Crippen LogP contribution in [0.4, 0.5) is 13.2 Å². The molecule has 1 aromatic rings. The van der Waals surface area contributed by atoms with E-state index in [0.29, 0.717) is 4.47 Å². The third-order valence-electron chi connectivity index (χ3n) is 2.03. The second-order valence-electron chi connectivity index (χ2n) is 3.35. The zero-order valence-corrected chi connectivity index (χ0v) is 11.1. The highest BCUT2D eigenvalue weighted by atomic mass is 79.9. The number of carbonyl (C=O) groups is 1. The van der Waals surface area contributed by atoms with Crippen LogP contribution < -0.4 is 4.74 Å². The lowest BCUT2D eigenvalue weighted by molar-refractivity contribution is -0.275. The van der Waals surface area contributed by atoms with E-state index in [1.54, 1.807) is 6.07 Å². The highest BCUT2D eigenvalue weighted by molar-refractivity contribution is 9.10. The molecule has 0 saturated carbocycles. The zero-order valence-electron chi connectivity index (χ0n) is 9.55. The monoisotopic (exact) mass is 337 g/mol. The molecule has 0 N–H and O–H groups in total. The molecule has 1 rings (SSSR count). The maximum atomic E-state index is 12.3. The number of esters is 1. The molecule has 0 aromatic heterocycles. The summed E-state index contributed by atoms with van der Waals surface area (Å²) in [7, 11) is 1.11. The summed E-state index contributed by atoms with van der Waals surface area (Å²) in [5.74, 6) is -1.43. The van der Waals surface area contributed by atoms with Gasteiger partial charge in [-0.15, -0.1) is 13.2 Å². The highest BCUT2D eigenvalue weighted by Gasteiger charge is 2.33. The lowest BCUT2D eigenvalue weighted by atomic mass is 10.1. The molecule has 0 aliphatic heterocycles. The number of hydrogen-bond donors (Lipinski definition) is 0. The minimum Gasteiger partial charge on any atom is -0.469 e. The molecule has 0 fully saturated rings. The Morgan fingerprint density at radius 3 is 2.58 bits per heavy atom. The molecule has 102 valence electrons. The van der Waals surface area contributed by atoms with Crippen molar-refractivity contribution in [3.05, 3.63) is 27.7 Å². The van der Waals surface area contributed by atoms with Crippen molar-refractivity contribution in [3.63, 3.8) is 0 Å². The van der Waals surface area contributed by atoms with Gasteiger partial charge >= 0.3 is 12.3 Å². The SMILES string of the molecule is COC(=O)Cc1cc(Br)cc(C#N)c1OC(F)(F)F. The molecule has 0 amide bonds. The number of nitrogens with zero attached hydrogens (tertiary/aromatic N) is 1. The first-order chi connectivity index (χ1) is 8.76. The first kappa shape index (κ1) is 15.3. The summed E-state index contributed by atoms with van der Waals surface area (Å²) < 4.78 is 45.4. The number of carbonyl (C=O) groups excluding carboxylic acids is 1. The van der Waals surface area contributed by atoms with E-state index in [9.17, 15) is 18.0 Å². The van der Waals surface area contributed by atoms with Crippen molar-refractivity contribution in [2.75, 3.05) is 7.11 Å². The van der Waals surface area contributed by atoms with Crippen molar-refractivity contribution in [2.45, 2.75) is 12.8 Å². The van der Waals surface area contributed by atoms with Crippen LogP contribution in [0, 0.1) is 11.3 Å². The summed E-state index contributed by atoms with van der Waals surface area (Å²) in [5, 5.41) is 8.82. The number of hydrogen-bond acceptors (Lipinski definition) is 4. The second-order valence-corrected chi connectivity index (χ2v) is 4.27. The van der Waals surface area contributed by atoms with E-state index in [4.69, 9.17) is 5.26 Å². The van der Waals surface area contributed by atoms with Crippen LogP contribution in [0.5, 0.6) is 5.75 Å². The Bertz CT molecular complexity index is 537. The van der Waals surface area contributed by atoms with Gasteiger partial charge in [0.1, 0.15) is 6.07 Å².